The van der Waals surface area contributed by atoms with Gasteiger partial charge in [-0.05, 0) is 67.3 Å². The van der Waals surface area contributed by atoms with Crippen LogP contribution in [0.25, 0.3) is 17.0 Å². The van der Waals surface area contributed by atoms with Gasteiger partial charge in [0.05, 0.1) is 18.2 Å². The zero-order valence-electron chi connectivity index (χ0n) is 18.1. The molecule has 0 aliphatic carbocycles. The van der Waals surface area contributed by atoms with Crippen LogP contribution in [0.3, 0.4) is 0 Å². The number of thiocarbonyl (C=S) groups is 1. The third-order valence-corrected chi connectivity index (χ3v) is 6.86. The van der Waals surface area contributed by atoms with Crippen LogP contribution in [0.1, 0.15) is 34.9 Å². The lowest BCUT2D eigenvalue weighted by atomic mass is 9.94. The molecule has 0 radical (unpaired) electrons. The van der Waals surface area contributed by atoms with Crippen molar-refractivity contribution in [3.63, 3.8) is 0 Å². The fraction of sp³-hybridized carbons (Fsp3) is 0.160. The summed E-state index contributed by atoms with van der Waals surface area (Å²) in [7, 11) is 0. The van der Waals surface area contributed by atoms with E-state index in [0.717, 1.165) is 16.8 Å². The maximum atomic E-state index is 13.4. The van der Waals surface area contributed by atoms with E-state index in [1.165, 1.54) is 22.6 Å². The first kappa shape index (κ1) is 21.5. The summed E-state index contributed by atoms with van der Waals surface area (Å²) in [6.45, 7) is 4.73. The molecule has 1 aliphatic heterocycles. The van der Waals surface area contributed by atoms with Gasteiger partial charge in [0.15, 0.2) is 5.11 Å². The number of aromatic nitrogens is 2. The molecule has 8 heteroatoms. The van der Waals surface area contributed by atoms with Crippen molar-refractivity contribution in [1.82, 2.24) is 20.4 Å². The monoisotopic (exact) mass is 476 g/mol. The first-order chi connectivity index (χ1) is 16.0. The Labute approximate surface area is 200 Å². The second-order valence-electron chi connectivity index (χ2n) is 7.89. The number of hydrogen-bond acceptors (Lipinski definition) is 5. The van der Waals surface area contributed by atoms with Gasteiger partial charge in [-0.15, -0.1) is 11.3 Å². The minimum absolute atomic E-state index is 0.237. The number of allylic oxidation sites excluding steroid dienone is 1. The van der Waals surface area contributed by atoms with Crippen molar-refractivity contribution in [1.29, 1.82) is 0 Å². The maximum Gasteiger partial charge on any atom is 0.258 e. The van der Waals surface area contributed by atoms with Gasteiger partial charge in [-0.3, -0.25) is 0 Å². The van der Waals surface area contributed by atoms with E-state index in [2.05, 4.69) is 63.0 Å². The molecule has 0 saturated heterocycles. The molecule has 33 heavy (non-hydrogen) atoms. The normalized spacial score (nSPS) is 16.3. The molecule has 2 aromatic heterocycles. The topological polar surface area (TPSA) is 54.2 Å². The third kappa shape index (κ3) is 4.31. The van der Waals surface area contributed by atoms with E-state index in [4.69, 9.17) is 16.7 Å². The number of rotatable bonds is 5. The number of aryl methyl sites for hydroxylation is 1. The molecular weight excluding hydrogens is 455 g/mol. The van der Waals surface area contributed by atoms with E-state index in [9.17, 15) is 4.39 Å². The molecule has 5 nitrogen and oxygen atoms in total. The van der Waals surface area contributed by atoms with Crippen LogP contribution in [0.15, 0.2) is 76.3 Å². The summed E-state index contributed by atoms with van der Waals surface area (Å²) < 4.78 is 19.1. The maximum absolute atomic E-state index is 13.4. The van der Waals surface area contributed by atoms with E-state index < -0.39 is 0 Å². The van der Waals surface area contributed by atoms with Gasteiger partial charge in [0.2, 0.25) is 5.82 Å². The smallest absolute Gasteiger partial charge is 0.258 e. The Bertz CT molecular complexity index is 1310. The zero-order chi connectivity index (χ0) is 22.9. The molecule has 1 unspecified atom stereocenters. The number of hydrogen-bond donors (Lipinski definition) is 1. The Morgan fingerprint density at radius 2 is 1.85 bits per heavy atom. The quantitative estimate of drug-likeness (QED) is 0.351. The minimum Gasteiger partial charge on any atom is -0.351 e. The van der Waals surface area contributed by atoms with Crippen LogP contribution in [-0.2, 0) is 6.54 Å². The standard InChI is InChI=1S/C25H21FN4OS2/c1-15-5-7-17(8-6-15)22-21(16(2)30(25(32)27-22)14-20-4-3-13-33-20)24-28-23(29-31-24)18-9-11-19(26)12-10-18/h3-13,22H,14H2,1-2H3,(H,27,32). The van der Waals surface area contributed by atoms with E-state index in [1.54, 1.807) is 23.5 Å². The molecular formula is C25H21FN4OS2. The fourth-order valence-corrected chi connectivity index (χ4v) is 4.88. The lowest BCUT2D eigenvalue weighted by Gasteiger charge is -2.37. The summed E-state index contributed by atoms with van der Waals surface area (Å²) in [6.07, 6.45) is 0. The van der Waals surface area contributed by atoms with Gasteiger partial charge in [-0.25, -0.2) is 4.39 Å². The Balaban J connectivity index is 1.59. The summed E-state index contributed by atoms with van der Waals surface area (Å²) in [4.78, 5) is 7.93. The van der Waals surface area contributed by atoms with Crippen molar-refractivity contribution in [2.45, 2.75) is 26.4 Å². The molecule has 0 fully saturated rings. The second kappa shape index (κ2) is 8.88. The van der Waals surface area contributed by atoms with Crippen LogP contribution in [-0.4, -0.2) is 20.2 Å². The highest BCUT2D eigenvalue weighted by Crippen LogP contribution is 2.38. The summed E-state index contributed by atoms with van der Waals surface area (Å²) in [5.41, 5.74) is 4.73. The number of benzene rings is 2. The highest BCUT2D eigenvalue weighted by molar-refractivity contribution is 7.80. The van der Waals surface area contributed by atoms with Gasteiger partial charge in [-0.2, -0.15) is 4.98 Å². The predicted octanol–water partition coefficient (Wildman–Crippen LogP) is 6.11. The van der Waals surface area contributed by atoms with Crippen LogP contribution >= 0.6 is 23.6 Å². The molecule has 0 saturated carbocycles. The third-order valence-electron chi connectivity index (χ3n) is 5.66. The molecule has 0 bridgehead atoms. The average Bonchev–Trinajstić information content (AvgIpc) is 3.50. The van der Waals surface area contributed by atoms with Crippen LogP contribution in [0.4, 0.5) is 4.39 Å². The highest BCUT2D eigenvalue weighted by atomic mass is 32.1. The Morgan fingerprint density at radius 1 is 1.09 bits per heavy atom. The molecule has 0 spiro atoms. The summed E-state index contributed by atoms with van der Waals surface area (Å²) >= 11 is 7.45. The summed E-state index contributed by atoms with van der Waals surface area (Å²) in [5.74, 6) is 0.504. The van der Waals surface area contributed by atoms with E-state index >= 15 is 0 Å². The number of nitrogens with one attached hydrogen (secondary N) is 1. The largest absolute Gasteiger partial charge is 0.351 e. The molecule has 4 aromatic rings. The Kier molecular flexibility index (Phi) is 5.78. The fourth-order valence-electron chi connectivity index (χ4n) is 3.87. The van der Waals surface area contributed by atoms with Gasteiger partial charge in [0.1, 0.15) is 5.82 Å². The van der Waals surface area contributed by atoms with Gasteiger partial charge >= 0.3 is 0 Å². The summed E-state index contributed by atoms with van der Waals surface area (Å²) in [5, 5.41) is 10.3. The van der Waals surface area contributed by atoms with Crippen LogP contribution in [0.2, 0.25) is 0 Å². The second-order valence-corrected chi connectivity index (χ2v) is 9.31. The van der Waals surface area contributed by atoms with E-state index in [-0.39, 0.29) is 11.9 Å². The van der Waals surface area contributed by atoms with Crippen molar-refractivity contribution >= 4 is 34.2 Å². The van der Waals surface area contributed by atoms with Crippen molar-refractivity contribution in [2.24, 2.45) is 0 Å². The highest BCUT2D eigenvalue weighted by Gasteiger charge is 2.34. The van der Waals surface area contributed by atoms with Crippen LogP contribution in [0, 0.1) is 12.7 Å². The van der Waals surface area contributed by atoms with Gasteiger partial charge in [0, 0.05) is 16.1 Å². The molecule has 1 aliphatic rings. The van der Waals surface area contributed by atoms with Crippen LogP contribution in [0.5, 0.6) is 0 Å². The Morgan fingerprint density at radius 3 is 2.55 bits per heavy atom. The summed E-state index contributed by atoms with van der Waals surface area (Å²) in [6, 6.07) is 18.2. The number of thiophene rings is 1. The van der Waals surface area contributed by atoms with Crippen molar-refractivity contribution in [3.8, 4) is 11.4 Å². The SMILES string of the molecule is CC1=C(c2nc(-c3ccc(F)cc3)no2)C(c2ccc(C)cc2)NC(=S)N1Cc1cccs1. The lowest BCUT2D eigenvalue weighted by molar-refractivity contribution is 0.396. The molecule has 0 amide bonds. The van der Waals surface area contributed by atoms with Crippen LogP contribution < -0.4 is 5.32 Å². The molecule has 166 valence electrons. The Hall–Kier alpha value is -3.36. The first-order valence-corrected chi connectivity index (χ1v) is 11.8. The average molecular weight is 477 g/mol. The van der Waals surface area contributed by atoms with Crippen molar-refractivity contribution < 1.29 is 8.91 Å². The molecule has 5 rings (SSSR count). The number of halogens is 1. The van der Waals surface area contributed by atoms with Gasteiger partial charge < -0.3 is 14.7 Å². The molecule has 1 N–H and O–H groups in total. The lowest BCUT2D eigenvalue weighted by Crippen LogP contribution is -2.45. The molecule has 1 atom stereocenters. The van der Waals surface area contributed by atoms with Crippen molar-refractivity contribution in [2.75, 3.05) is 0 Å². The van der Waals surface area contributed by atoms with E-state index in [0.29, 0.717) is 28.9 Å². The van der Waals surface area contributed by atoms with Crippen molar-refractivity contribution in [3.05, 3.63) is 99.5 Å². The molecule has 2 aromatic carbocycles. The zero-order valence-corrected chi connectivity index (χ0v) is 19.7. The van der Waals surface area contributed by atoms with E-state index in [1.807, 2.05) is 13.0 Å². The molecule has 3 heterocycles. The van der Waals surface area contributed by atoms with Gasteiger partial charge in [-0.1, -0.05) is 41.1 Å². The van der Waals surface area contributed by atoms with Gasteiger partial charge in [0.25, 0.3) is 5.89 Å². The minimum atomic E-state index is -0.310. The first-order valence-electron chi connectivity index (χ1n) is 10.5. The number of nitrogens with zero attached hydrogens (tertiary/aromatic N) is 3. The predicted molar refractivity (Wildman–Crippen MR) is 132 cm³/mol.